The molecule has 1 N–H and O–H groups in total. The Morgan fingerprint density at radius 1 is 1.18 bits per heavy atom. The van der Waals surface area contributed by atoms with E-state index in [0.717, 1.165) is 6.42 Å². The van der Waals surface area contributed by atoms with Gasteiger partial charge in [-0.25, -0.2) is 0 Å². The van der Waals surface area contributed by atoms with E-state index in [1.54, 1.807) is 6.08 Å². The largest absolute Gasteiger partial charge is 0.378 e. The van der Waals surface area contributed by atoms with Gasteiger partial charge in [0.15, 0.2) is 5.78 Å². The lowest BCUT2D eigenvalue weighted by molar-refractivity contribution is -0.116. The molecule has 1 aliphatic heterocycles. The molecule has 0 aromatic heterocycles. The van der Waals surface area contributed by atoms with Crippen LogP contribution in [0.4, 0.5) is 5.69 Å². The Morgan fingerprint density at radius 3 is 3.00 bits per heavy atom. The number of carbonyl (C=O) groups excluding carboxylic acids is 1. The van der Waals surface area contributed by atoms with Gasteiger partial charge in [-0.1, -0.05) is 24.3 Å². The number of nitrogens with one attached hydrogen (secondary N) is 1. The minimum atomic E-state index is -0.0253. The van der Waals surface area contributed by atoms with Crippen LogP contribution in [-0.4, -0.2) is 11.3 Å². The number of ketones is 1. The van der Waals surface area contributed by atoms with Crippen molar-refractivity contribution in [3.63, 3.8) is 0 Å². The molecule has 2 atom stereocenters. The number of para-hydroxylation sites is 1. The average Bonchev–Trinajstić information content (AvgIpc) is 2.79. The summed E-state index contributed by atoms with van der Waals surface area (Å²) in [7, 11) is 0. The van der Waals surface area contributed by atoms with E-state index in [2.05, 4.69) is 35.7 Å². The molecule has 1 heterocycles. The summed E-state index contributed by atoms with van der Waals surface area (Å²) in [5.74, 6) is 0.267. The van der Waals surface area contributed by atoms with Gasteiger partial charge >= 0.3 is 0 Å². The minimum Gasteiger partial charge on any atom is -0.378 e. The maximum atomic E-state index is 11.8. The second kappa shape index (κ2) is 2.81. The van der Waals surface area contributed by atoms with Gasteiger partial charge in [0.2, 0.25) is 0 Å². The van der Waals surface area contributed by atoms with Gasteiger partial charge in [-0.3, -0.25) is 4.79 Å². The molecule has 3 aliphatic rings. The van der Waals surface area contributed by atoms with Crippen molar-refractivity contribution in [2.45, 2.75) is 36.6 Å². The Labute approximate surface area is 101 Å². The van der Waals surface area contributed by atoms with E-state index in [4.69, 9.17) is 0 Å². The van der Waals surface area contributed by atoms with Crippen LogP contribution in [-0.2, 0) is 10.2 Å². The maximum absolute atomic E-state index is 11.8. The highest BCUT2D eigenvalue weighted by atomic mass is 16.1. The molecule has 0 spiro atoms. The molecule has 2 heteroatoms. The van der Waals surface area contributed by atoms with Gasteiger partial charge in [-0.2, -0.15) is 0 Å². The van der Waals surface area contributed by atoms with Crippen LogP contribution in [0.5, 0.6) is 0 Å². The molecule has 1 fully saturated rings. The van der Waals surface area contributed by atoms with Crippen LogP contribution in [0.2, 0.25) is 0 Å². The van der Waals surface area contributed by atoms with Crippen molar-refractivity contribution in [2.75, 3.05) is 5.32 Å². The lowest BCUT2D eigenvalue weighted by atomic mass is 9.65. The van der Waals surface area contributed by atoms with E-state index in [1.807, 2.05) is 0 Å². The second-order valence-corrected chi connectivity index (χ2v) is 5.55. The van der Waals surface area contributed by atoms with Crippen molar-refractivity contribution in [3.05, 3.63) is 42.0 Å². The SMILES string of the molecule is O=C1C=CC23CCCC2(C1)Nc1ccccc13. The molecule has 0 saturated heterocycles. The van der Waals surface area contributed by atoms with Crippen molar-refractivity contribution in [2.24, 2.45) is 0 Å². The number of carbonyl (C=O) groups is 1. The van der Waals surface area contributed by atoms with Gasteiger partial charge in [0, 0.05) is 17.5 Å². The van der Waals surface area contributed by atoms with Crippen LogP contribution in [0.3, 0.4) is 0 Å². The highest BCUT2D eigenvalue weighted by Gasteiger charge is 2.60. The number of hydrogen-bond acceptors (Lipinski definition) is 2. The zero-order valence-electron chi connectivity index (χ0n) is 9.70. The fourth-order valence-electron chi connectivity index (χ4n) is 4.15. The van der Waals surface area contributed by atoms with Crippen molar-refractivity contribution >= 4 is 11.5 Å². The molecule has 17 heavy (non-hydrogen) atoms. The third-order valence-corrected chi connectivity index (χ3v) is 4.84. The first-order valence-corrected chi connectivity index (χ1v) is 6.36. The van der Waals surface area contributed by atoms with E-state index in [1.165, 1.54) is 24.1 Å². The van der Waals surface area contributed by atoms with Crippen molar-refractivity contribution in [3.8, 4) is 0 Å². The molecule has 1 aromatic rings. The van der Waals surface area contributed by atoms with Gasteiger partial charge < -0.3 is 5.32 Å². The molecule has 86 valence electrons. The molecular formula is C15H15NO. The quantitative estimate of drug-likeness (QED) is 0.735. The number of rotatable bonds is 0. The standard InChI is InChI=1S/C15H15NO/c17-11-6-9-14-7-3-8-15(14,10-11)16-13-5-2-1-4-12(13)14/h1-2,4-6,9,16H,3,7-8,10H2. The van der Waals surface area contributed by atoms with Crippen LogP contribution in [0, 0.1) is 0 Å². The van der Waals surface area contributed by atoms with Gasteiger partial charge in [0.05, 0.1) is 5.54 Å². The summed E-state index contributed by atoms with van der Waals surface area (Å²) < 4.78 is 0. The molecule has 0 bridgehead atoms. The average molecular weight is 225 g/mol. The summed E-state index contributed by atoms with van der Waals surface area (Å²) >= 11 is 0. The molecule has 1 aromatic carbocycles. The van der Waals surface area contributed by atoms with Crippen LogP contribution in [0.1, 0.15) is 31.2 Å². The summed E-state index contributed by atoms with van der Waals surface area (Å²) in [6.45, 7) is 0. The van der Waals surface area contributed by atoms with Crippen molar-refractivity contribution < 1.29 is 4.79 Å². The predicted octanol–water partition coefficient (Wildman–Crippen LogP) is 2.80. The summed E-state index contributed by atoms with van der Waals surface area (Å²) in [6.07, 6.45) is 8.10. The van der Waals surface area contributed by atoms with Crippen LogP contribution in [0.15, 0.2) is 36.4 Å². The first-order valence-electron chi connectivity index (χ1n) is 6.36. The first kappa shape index (κ1) is 9.46. The molecule has 0 amide bonds. The van der Waals surface area contributed by atoms with Gasteiger partial charge in [-0.15, -0.1) is 0 Å². The Balaban J connectivity index is 2.01. The van der Waals surface area contributed by atoms with Gasteiger partial charge in [0.1, 0.15) is 0 Å². The first-order chi connectivity index (χ1) is 8.26. The Morgan fingerprint density at radius 2 is 2.06 bits per heavy atom. The highest BCUT2D eigenvalue weighted by Crippen LogP contribution is 2.60. The number of benzene rings is 1. The Bertz CT molecular complexity index is 548. The zero-order chi connectivity index (χ0) is 11.5. The van der Waals surface area contributed by atoms with Crippen molar-refractivity contribution in [1.82, 2.24) is 0 Å². The molecule has 2 unspecified atom stereocenters. The summed E-state index contributed by atoms with van der Waals surface area (Å²) in [6, 6.07) is 8.53. The lowest BCUT2D eigenvalue weighted by Gasteiger charge is -2.41. The molecule has 0 radical (unpaired) electrons. The number of fused-ring (bicyclic) bond motifs is 1. The summed E-state index contributed by atoms with van der Waals surface area (Å²) in [5.41, 5.74) is 2.67. The van der Waals surface area contributed by atoms with E-state index >= 15 is 0 Å². The fraction of sp³-hybridized carbons (Fsp3) is 0.400. The van der Waals surface area contributed by atoms with Crippen molar-refractivity contribution in [1.29, 1.82) is 0 Å². The van der Waals surface area contributed by atoms with Crippen LogP contribution < -0.4 is 5.32 Å². The minimum absolute atomic E-state index is 0.0253. The van der Waals surface area contributed by atoms with Gasteiger partial charge in [0.25, 0.3) is 0 Å². The van der Waals surface area contributed by atoms with E-state index in [-0.39, 0.29) is 16.7 Å². The predicted molar refractivity (Wildman–Crippen MR) is 67.1 cm³/mol. The van der Waals surface area contributed by atoms with Crippen LogP contribution in [0.25, 0.3) is 0 Å². The maximum Gasteiger partial charge on any atom is 0.157 e. The second-order valence-electron chi connectivity index (χ2n) is 5.55. The smallest absolute Gasteiger partial charge is 0.157 e. The molecule has 2 nitrogen and oxygen atoms in total. The fourth-order valence-corrected chi connectivity index (χ4v) is 4.15. The van der Waals surface area contributed by atoms with E-state index < -0.39 is 0 Å². The normalized spacial score (nSPS) is 37.3. The summed E-state index contributed by atoms with van der Waals surface area (Å²) in [5, 5.41) is 3.66. The van der Waals surface area contributed by atoms with E-state index in [0.29, 0.717) is 6.42 Å². The summed E-state index contributed by atoms with van der Waals surface area (Å²) in [4.78, 5) is 11.8. The monoisotopic (exact) mass is 225 g/mol. The molecule has 4 rings (SSSR count). The third-order valence-electron chi connectivity index (χ3n) is 4.84. The van der Waals surface area contributed by atoms with Crippen LogP contribution >= 0.6 is 0 Å². The molecule has 1 saturated carbocycles. The molecular weight excluding hydrogens is 210 g/mol. The topological polar surface area (TPSA) is 29.1 Å². The number of allylic oxidation sites excluding steroid dienone is 1. The number of hydrogen-bond donors (Lipinski definition) is 1. The highest BCUT2D eigenvalue weighted by molar-refractivity contribution is 5.94. The number of anilines is 1. The zero-order valence-corrected chi connectivity index (χ0v) is 9.70. The Hall–Kier alpha value is -1.57. The third kappa shape index (κ3) is 0.951. The van der Waals surface area contributed by atoms with E-state index in [9.17, 15) is 4.79 Å². The Kier molecular flexibility index (Phi) is 1.56. The molecule has 2 aliphatic carbocycles. The van der Waals surface area contributed by atoms with Gasteiger partial charge in [-0.05, 0) is 37.0 Å². The lowest BCUT2D eigenvalue weighted by Crippen LogP contribution is -2.50.